The Kier molecular flexibility index (Phi) is 11.4. The molecule has 1 amide bonds. The number of hydrogen-bond donors (Lipinski definition) is 12. The lowest BCUT2D eigenvalue weighted by atomic mass is 9.71. The second-order valence-corrected chi connectivity index (χ2v) is 10.5. The number of nitrogens with one attached hydrogen (secondary N) is 1. The van der Waals surface area contributed by atoms with Crippen LogP contribution in [0.1, 0.15) is 19.8 Å². The monoisotopic (exact) mass is 568 g/mol. The molecule has 0 radical (unpaired) electrons. The second kappa shape index (κ2) is 13.7. The molecule has 228 valence electrons. The number of carbonyl (C=O) groups excluding carboxylic acids is 1. The third-order valence-corrected chi connectivity index (χ3v) is 7.88. The first-order valence-electron chi connectivity index (χ1n) is 13.0. The van der Waals surface area contributed by atoms with Crippen LogP contribution in [0.15, 0.2) is 0 Å². The SMILES string of the molecule is C[C@H]1O[C@H]([C@@H]2[C@@H](O)[C@H](O[C@H]3O[C@H](CN)[C@@H](O)[C@H](O)[C@H]3N)[C@@H](N)C[C@H]2NC(=O)[C@@H](O)CCN)[C@H](O)[C@@H](O)[C@@H]1ON. The number of aliphatic hydroxyl groups is 6. The molecule has 2 heterocycles. The summed E-state index contributed by atoms with van der Waals surface area (Å²) in [7, 11) is 0. The van der Waals surface area contributed by atoms with Crippen molar-refractivity contribution in [2.75, 3.05) is 13.1 Å². The molecular weight excluding hydrogens is 524 g/mol. The number of ether oxygens (including phenoxy) is 3. The summed E-state index contributed by atoms with van der Waals surface area (Å²) in [5, 5.41) is 66.4. The van der Waals surface area contributed by atoms with Crippen LogP contribution in [-0.4, -0.2) is 141 Å². The molecule has 3 aliphatic rings. The Hall–Kier alpha value is -1.13. The molecule has 0 aromatic rings. The van der Waals surface area contributed by atoms with E-state index in [-0.39, 0.29) is 25.9 Å². The van der Waals surface area contributed by atoms with Crippen LogP contribution in [0.2, 0.25) is 0 Å². The maximum absolute atomic E-state index is 12.7. The van der Waals surface area contributed by atoms with Crippen LogP contribution >= 0.6 is 0 Å². The van der Waals surface area contributed by atoms with Crippen molar-refractivity contribution < 1.29 is 54.5 Å². The minimum Gasteiger partial charge on any atom is -0.390 e. The van der Waals surface area contributed by atoms with Crippen LogP contribution in [0, 0.1) is 5.92 Å². The fraction of sp³-hybridized carbons (Fsp3) is 0.955. The lowest BCUT2D eigenvalue weighted by molar-refractivity contribution is -0.297. The Bertz CT molecular complexity index is 802. The highest BCUT2D eigenvalue weighted by molar-refractivity contribution is 5.80. The molecule has 0 aromatic heterocycles. The van der Waals surface area contributed by atoms with Gasteiger partial charge in [0.1, 0.15) is 48.8 Å². The van der Waals surface area contributed by atoms with Gasteiger partial charge in [-0.15, -0.1) is 0 Å². The summed E-state index contributed by atoms with van der Waals surface area (Å²) in [6, 6.07) is -3.15. The van der Waals surface area contributed by atoms with Gasteiger partial charge in [0.05, 0.1) is 24.4 Å². The molecule has 16 atom stereocenters. The Morgan fingerprint density at radius 2 is 1.67 bits per heavy atom. The standard InChI is InChI=1S/C22H44N6O11/c1-6-18(39-27)16(33)17(34)20(36-6)11-8(28-21(35)9(29)2-3-23)4-7(25)19(14(11)31)38-22-12(26)15(32)13(30)10(5-24)37-22/h6-20,22,29-34H,2-5,23-27H2,1H3,(H,28,35)/t6-,7+,8-,9+,10-,11+,12-,13-,14-,15-,16-,17-,18-,19-,20-,22-/m1/s1. The van der Waals surface area contributed by atoms with E-state index in [4.69, 9.17) is 47.9 Å². The first kappa shape index (κ1) is 32.4. The van der Waals surface area contributed by atoms with Gasteiger partial charge in [-0.25, -0.2) is 5.90 Å². The number of amides is 1. The largest absolute Gasteiger partial charge is 0.390 e. The highest BCUT2D eigenvalue weighted by Gasteiger charge is 2.56. The summed E-state index contributed by atoms with van der Waals surface area (Å²) in [6.07, 6.45) is -15.8. The number of rotatable bonds is 9. The third kappa shape index (κ3) is 6.69. The lowest BCUT2D eigenvalue weighted by Crippen LogP contribution is -2.71. The summed E-state index contributed by atoms with van der Waals surface area (Å²) in [4.78, 5) is 17.4. The quantitative estimate of drug-likeness (QED) is 0.115. The molecule has 1 aliphatic carbocycles. The molecule has 2 saturated heterocycles. The molecule has 1 saturated carbocycles. The van der Waals surface area contributed by atoms with E-state index in [2.05, 4.69) is 5.32 Å². The maximum Gasteiger partial charge on any atom is 0.249 e. The van der Waals surface area contributed by atoms with Crippen molar-refractivity contribution in [3.05, 3.63) is 0 Å². The highest BCUT2D eigenvalue weighted by Crippen LogP contribution is 2.37. The number of carbonyl (C=O) groups is 1. The van der Waals surface area contributed by atoms with Gasteiger partial charge in [0, 0.05) is 24.5 Å². The van der Waals surface area contributed by atoms with Gasteiger partial charge in [-0.1, -0.05) is 0 Å². The van der Waals surface area contributed by atoms with Crippen molar-refractivity contribution in [3.63, 3.8) is 0 Å². The Morgan fingerprint density at radius 1 is 1.00 bits per heavy atom. The minimum absolute atomic E-state index is 0.0230. The van der Waals surface area contributed by atoms with Gasteiger partial charge < -0.3 is 73.1 Å². The molecule has 0 aromatic carbocycles. The van der Waals surface area contributed by atoms with Crippen molar-refractivity contribution in [1.82, 2.24) is 5.32 Å². The zero-order valence-corrected chi connectivity index (χ0v) is 21.7. The van der Waals surface area contributed by atoms with E-state index in [9.17, 15) is 35.4 Å². The predicted molar refractivity (Wildman–Crippen MR) is 132 cm³/mol. The fourth-order valence-corrected chi connectivity index (χ4v) is 5.63. The summed E-state index contributed by atoms with van der Waals surface area (Å²) in [5.74, 6) is 3.32. The summed E-state index contributed by atoms with van der Waals surface area (Å²) >= 11 is 0. The molecule has 0 spiro atoms. The average Bonchev–Trinajstić information content (AvgIpc) is 2.89. The normalized spacial score (nSPS) is 47.9. The molecule has 3 fully saturated rings. The number of hydrogen-bond acceptors (Lipinski definition) is 16. The van der Waals surface area contributed by atoms with Gasteiger partial charge in [0.15, 0.2) is 6.29 Å². The zero-order valence-electron chi connectivity index (χ0n) is 21.7. The van der Waals surface area contributed by atoms with Crippen molar-refractivity contribution >= 4 is 5.91 Å². The van der Waals surface area contributed by atoms with Crippen LogP contribution in [-0.2, 0) is 23.8 Å². The first-order chi connectivity index (χ1) is 18.4. The fourth-order valence-electron chi connectivity index (χ4n) is 5.63. The summed E-state index contributed by atoms with van der Waals surface area (Å²) in [6.45, 7) is 1.43. The van der Waals surface area contributed by atoms with Gasteiger partial charge in [-0.05, 0) is 26.3 Å². The van der Waals surface area contributed by atoms with Crippen LogP contribution in [0.4, 0.5) is 0 Å². The van der Waals surface area contributed by atoms with E-state index >= 15 is 0 Å². The summed E-state index contributed by atoms with van der Waals surface area (Å²) in [5.41, 5.74) is 23.4. The Morgan fingerprint density at radius 3 is 2.26 bits per heavy atom. The Balaban J connectivity index is 1.90. The topological polar surface area (TPSA) is 318 Å². The molecule has 39 heavy (non-hydrogen) atoms. The van der Waals surface area contributed by atoms with E-state index in [0.717, 1.165) is 0 Å². The van der Waals surface area contributed by atoms with Crippen molar-refractivity contribution in [2.45, 2.75) is 111 Å². The number of aliphatic hydroxyl groups excluding tert-OH is 6. The molecule has 0 bridgehead atoms. The molecule has 0 unspecified atom stereocenters. The highest BCUT2D eigenvalue weighted by atomic mass is 16.7. The van der Waals surface area contributed by atoms with Crippen LogP contribution < -0.4 is 34.1 Å². The minimum atomic E-state index is -1.62. The molecular formula is C22H44N6O11. The van der Waals surface area contributed by atoms with E-state index < -0.39 is 103 Å². The van der Waals surface area contributed by atoms with Crippen LogP contribution in [0.5, 0.6) is 0 Å². The van der Waals surface area contributed by atoms with Gasteiger partial charge in [0.25, 0.3) is 0 Å². The van der Waals surface area contributed by atoms with Crippen LogP contribution in [0.25, 0.3) is 0 Å². The van der Waals surface area contributed by atoms with E-state index in [0.29, 0.717) is 0 Å². The van der Waals surface area contributed by atoms with Gasteiger partial charge in [0.2, 0.25) is 5.91 Å². The first-order valence-corrected chi connectivity index (χ1v) is 13.0. The maximum atomic E-state index is 12.7. The van der Waals surface area contributed by atoms with Gasteiger partial charge in [-0.3, -0.25) is 9.63 Å². The Labute approximate surface area is 225 Å². The average molecular weight is 569 g/mol. The van der Waals surface area contributed by atoms with Gasteiger partial charge in [-0.2, -0.15) is 0 Å². The molecule has 2 aliphatic heterocycles. The molecule has 17 N–H and O–H groups in total. The summed E-state index contributed by atoms with van der Waals surface area (Å²) < 4.78 is 17.5. The van der Waals surface area contributed by atoms with Crippen LogP contribution in [0.3, 0.4) is 0 Å². The van der Waals surface area contributed by atoms with Crippen molar-refractivity contribution in [2.24, 2.45) is 34.7 Å². The lowest BCUT2D eigenvalue weighted by Gasteiger charge is -2.52. The van der Waals surface area contributed by atoms with Gasteiger partial charge >= 0.3 is 0 Å². The number of nitrogens with two attached hydrogens (primary N) is 5. The van der Waals surface area contributed by atoms with E-state index in [1.165, 1.54) is 0 Å². The molecule has 17 nitrogen and oxygen atoms in total. The molecule has 17 heteroatoms. The second-order valence-electron chi connectivity index (χ2n) is 10.5. The predicted octanol–water partition coefficient (Wildman–Crippen LogP) is -7.23. The van der Waals surface area contributed by atoms with Crippen molar-refractivity contribution in [1.29, 1.82) is 0 Å². The zero-order chi connectivity index (χ0) is 29.2. The third-order valence-electron chi connectivity index (χ3n) is 7.88. The smallest absolute Gasteiger partial charge is 0.249 e. The van der Waals surface area contributed by atoms with E-state index in [1.54, 1.807) is 6.92 Å². The molecule has 3 rings (SSSR count). The van der Waals surface area contributed by atoms with E-state index in [1.807, 2.05) is 0 Å². The van der Waals surface area contributed by atoms with Crippen molar-refractivity contribution in [3.8, 4) is 0 Å².